The van der Waals surface area contributed by atoms with E-state index >= 15 is 0 Å². The molecule has 0 saturated carbocycles. The van der Waals surface area contributed by atoms with Crippen molar-refractivity contribution in [1.29, 1.82) is 0 Å². The molecule has 0 fully saturated rings. The van der Waals surface area contributed by atoms with Gasteiger partial charge < -0.3 is 4.42 Å². The number of hydrogen-bond acceptors (Lipinski definition) is 3. The van der Waals surface area contributed by atoms with Gasteiger partial charge in [0.2, 0.25) is 5.91 Å². The fourth-order valence-corrected chi connectivity index (χ4v) is 1.56. The lowest BCUT2D eigenvalue weighted by Crippen LogP contribution is -2.27. The molecule has 2 rings (SSSR count). The zero-order chi connectivity index (χ0) is 11.0. The number of aromatic nitrogens is 1. The summed E-state index contributed by atoms with van der Waals surface area (Å²) in [6.07, 6.45) is 0. The van der Waals surface area contributed by atoms with Gasteiger partial charge in [-0.25, -0.2) is 9.36 Å². The van der Waals surface area contributed by atoms with Crippen molar-refractivity contribution in [3.8, 4) is 0 Å². The maximum atomic E-state index is 11.7. The topological polar surface area (TPSA) is 52.2 Å². The standard InChI is InChI=1S/C10H8BrNO3/c1-6(11)9(13)12-7-4-2-3-5-8(7)15-10(12)14/h2-6H,1H3/t6-/m0/s1. The van der Waals surface area contributed by atoms with E-state index < -0.39 is 10.6 Å². The smallest absolute Gasteiger partial charge is 0.407 e. The van der Waals surface area contributed by atoms with Crippen LogP contribution in [0.1, 0.15) is 11.7 Å². The van der Waals surface area contributed by atoms with E-state index in [9.17, 15) is 9.59 Å². The van der Waals surface area contributed by atoms with Crippen molar-refractivity contribution < 1.29 is 9.21 Å². The van der Waals surface area contributed by atoms with Gasteiger partial charge >= 0.3 is 5.76 Å². The Kier molecular flexibility index (Phi) is 2.48. The molecule has 4 nitrogen and oxygen atoms in total. The van der Waals surface area contributed by atoms with E-state index in [1.807, 2.05) is 0 Å². The Morgan fingerprint density at radius 2 is 2.13 bits per heavy atom. The molecule has 0 radical (unpaired) electrons. The minimum absolute atomic E-state index is 0.329. The molecule has 0 aliphatic rings. The summed E-state index contributed by atoms with van der Waals surface area (Å²) in [7, 11) is 0. The van der Waals surface area contributed by atoms with Gasteiger partial charge in [0.05, 0.1) is 10.3 Å². The van der Waals surface area contributed by atoms with Crippen LogP contribution < -0.4 is 5.76 Å². The van der Waals surface area contributed by atoms with Crippen LogP contribution >= 0.6 is 15.9 Å². The fraction of sp³-hybridized carbons (Fsp3) is 0.200. The third-order valence-electron chi connectivity index (χ3n) is 2.05. The van der Waals surface area contributed by atoms with E-state index in [1.165, 1.54) is 0 Å². The Hall–Kier alpha value is -1.36. The second-order valence-electron chi connectivity index (χ2n) is 3.13. The van der Waals surface area contributed by atoms with Crippen molar-refractivity contribution in [2.75, 3.05) is 0 Å². The van der Waals surface area contributed by atoms with Gasteiger partial charge in [0.25, 0.3) is 0 Å². The maximum absolute atomic E-state index is 11.7. The third kappa shape index (κ3) is 1.63. The summed E-state index contributed by atoms with van der Waals surface area (Å²) >= 11 is 3.13. The molecular weight excluding hydrogens is 262 g/mol. The van der Waals surface area contributed by atoms with Gasteiger partial charge in [-0.05, 0) is 19.1 Å². The van der Waals surface area contributed by atoms with Gasteiger partial charge in [0.1, 0.15) is 0 Å². The Labute approximate surface area is 93.6 Å². The lowest BCUT2D eigenvalue weighted by atomic mass is 10.3. The monoisotopic (exact) mass is 269 g/mol. The molecule has 1 heterocycles. The van der Waals surface area contributed by atoms with Crippen molar-refractivity contribution in [3.05, 3.63) is 34.8 Å². The molecule has 0 saturated heterocycles. The van der Waals surface area contributed by atoms with Crippen molar-refractivity contribution in [1.82, 2.24) is 4.57 Å². The van der Waals surface area contributed by atoms with Crippen molar-refractivity contribution in [2.45, 2.75) is 11.8 Å². The van der Waals surface area contributed by atoms with Crippen LogP contribution in [0.25, 0.3) is 11.1 Å². The number of oxazole rings is 1. The van der Waals surface area contributed by atoms with Crippen molar-refractivity contribution in [2.24, 2.45) is 0 Å². The van der Waals surface area contributed by atoms with Crippen LogP contribution in [0.15, 0.2) is 33.5 Å². The van der Waals surface area contributed by atoms with Crippen LogP contribution in [0.2, 0.25) is 0 Å². The van der Waals surface area contributed by atoms with Crippen LogP contribution in [0, 0.1) is 0 Å². The number of halogens is 1. The highest BCUT2D eigenvalue weighted by molar-refractivity contribution is 9.10. The first-order valence-corrected chi connectivity index (χ1v) is 5.31. The summed E-state index contributed by atoms with van der Waals surface area (Å²) in [4.78, 5) is 22.7. The lowest BCUT2D eigenvalue weighted by molar-refractivity contribution is 0.0914. The molecule has 0 spiro atoms. The molecular formula is C10H8BrNO3. The second-order valence-corrected chi connectivity index (χ2v) is 4.50. The second kappa shape index (κ2) is 3.66. The highest BCUT2D eigenvalue weighted by Gasteiger charge is 2.18. The largest absolute Gasteiger partial charge is 0.426 e. The molecule has 0 N–H and O–H groups in total. The number of benzene rings is 1. The number of fused-ring (bicyclic) bond motifs is 1. The Morgan fingerprint density at radius 1 is 1.47 bits per heavy atom. The van der Waals surface area contributed by atoms with Gasteiger partial charge in [-0.2, -0.15) is 0 Å². The molecule has 1 atom stereocenters. The van der Waals surface area contributed by atoms with Gasteiger partial charge in [0.15, 0.2) is 5.58 Å². The SMILES string of the molecule is C[C@H](Br)C(=O)n1c(=O)oc2ccccc21. The summed E-state index contributed by atoms with van der Waals surface area (Å²) in [5, 5.41) is 0. The van der Waals surface area contributed by atoms with Crippen LogP contribution in [0.4, 0.5) is 0 Å². The first-order valence-electron chi connectivity index (χ1n) is 4.40. The maximum Gasteiger partial charge on any atom is 0.426 e. The molecule has 78 valence electrons. The zero-order valence-corrected chi connectivity index (χ0v) is 9.52. The lowest BCUT2D eigenvalue weighted by Gasteiger charge is -2.01. The van der Waals surface area contributed by atoms with Crippen LogP contribution in [-0.2, 0) is 0 Å². The van der Waals surface area contributed by atoms with E-state index in [2.05, 4.69) is 15.9 Å². The van der Waals surface area contributed by atoms with E-state index in [4.69, 9.17) is 4.42 Å². The molecule has 2 aromatic rings. The Balaban J connectivity index is 2.75. The minimum atomic E-state index is -0.646. The average Bonchev–Trinajstić information content (AvgIpc) is 2.52. The summed E-state index contributed by atoms with van der Waals surface area (Å²) in [6.45, 7) is 1.66. The summed E-state index contributed by atoms with van der Waals surface area (Å²) in [5.41, 5.74) is 0.919. The first-order chi connectivity index (χ1) is 7.11. The summed E-state index contributed by atoms with van der Waals surface area (Å²) in [5.74, 6) is -0.975. The molecule has 5 heteroatoms. The van der Waals surface area contributed by atoms with Crippen LogP contribution in [-0.4, -0.2) is 15.3 Å². The van der Waals surface area contributed by atoms with Crippen molar-refractivity contribution in [3.63, 3.8) is 0 Å². The van der Waals surface area contributed by atoms with Crippen LogP contribution in [0.5, 0.6) is 0 Å². The molecule has 1 aromatic heterocycles. The quantitative estimate of drug-likeness (QED) is 0.745. The van der Waals surface area contributed by atoms with Gasteiger partial charge in [-0.3, -0.25) is 4.79 Å². The Morgan fingerprint density at radius 3 is 2.80 bits per heavy atom. The van der Waals surface area contributed by atoms with Crippen LogP contribution in [0.3, 0.4) is 0 Å². The molecule has 0 bridgehead atoms. The number of rotatable bonds is 1. The minimum Gasteiger partial charge on any atom is -0.407 e. The van der Waals surface area contributed by atoms with Gasteiger partial charge in [-0.1, -0.05) is 28.1 Å². The predicted molar refractivity (Wildman–Crippen MR) is 59.5 cm³/mol. The number of carbonyl (C=O) groups is 1. The predicted octanol–water partition coefficient (Wildman–Crippen LogP) is 2.02. The number of carbonyl (C=O) groups excluding carboxylic acids is 1. The number of hydrogen-bond donors (Lipinski definition) is 0. The molecule has 0 aliphatic carbocycles. The van der Waals surface area contributed by atoms with Gasteiger partial charge in [-0.15, -0.1) is 0 Å². The number of alkyl halides is 1. The van der Waals surface area contributed by atoms with E-state index in [0.717, 1.165) is 4.57 Å². The summed E-state index contributed by atoms with van der Waals surface area (Å²) < 4.78 is 5.97. The fourth-order valence-electron chi connectivity index (χ4n) is 1.35. The normalized spacial score (nSPS) is 12.9. The van der Waals surface area contributed by atoms with E-state index in [0.29, 0.717) is 11.1 Å². The third-order valence-corrected chi connectivity index (χ3v) is 2.44. The number of nitrogens with zero attached hydrogens (tertiary/aromatic N) is 1. The number of para-hydroxylation sites is 2. The van der Waals surface area contributed by atoms with Gasteiger partial charge in [0, 0.05) is 0 Å². The molecule has 15 heavy (non-hydrogen) atoms. The first kappa shape index (κ1) is 10.2. The van der Waals surface area contributed by atoms with E-state index in [-0.39, 0.29) is 5.91 Å². The highest BCUT2D eigenvalue weighted by atomic mass is 79.9. The highest BCUT2D eigenvalue weighted by Crippen LogP contribution is 2.13. The van der Waals surface area contributed by atoms with Crippen molar-refractivity contribution >= 4 is 32.9 Å². The average molecular weight is 270 g/mol. The molecule has 0 aliphatic heterocycles. The van der Waals surface area contributed by atoms with E-state index in [1.54, 1.807) is 31.2 Å². The molecule has 0 amide bonds. The summed E-state index contributed by atoms with van der Waals surface area (Å²) in [6, 6.07) is 6.82. The zero-order valence-electron chi connectivity index (χ0n) is 7.94. The molecule has 1 aromatic carbocycles. The molecule has 0 unspecified atom stereocenters. The Bertz CT molecular complexity index is 567.